The van der Waals surface area contributed by atoms with Crippen LogP contribution in [0.5, 0.6) is 0 Å². The summed E-state index contributed by atoms with van der Waals surface area (Å²) in [5.41, 5.74) is 1.09. The minimum absolute atomic E-state index is 0.0362. The van der Waals surface area contributed by atoms with Gasteiger partial charge in [0.2, 0.25) is 0 Å². The molecule has 1 aliphatic heterocycles. The van der Waals surface area contributed by atoms with Crippen LogP contribution < -0.4 is 16.1 Å². The van der Waals surface area contributed by atoms with Crippen molar-refractivity contribution in [2.45, 2.75) is 79.3 Å². The minimum Gasteiger partial charge on any atom is -0.331 e. The van der Waals surface area contributed by atoms with Gasteiger partial charge < -0.3 is 4.98 Å². The van der Waals surface area contributed by atoms with E-state index in [9.17, 15) is 14.4 Å². The summed E-state index contributed by atoms with van der Waals surface area (Å²) in [5.74, 6) is 3.43. The molecule has 3 aromatic rings. The van der Waals surface area contributed by atoms with E-state index in [1.165, 1.54) is 4.57 Å². The highest BCUT2D eigenvalue weighted by Gasteiger charge is 2.33. The van der Waals surface area contributed by atoms with Gasteiger partial charge in [-0.25, -0.2) is 9.78 Å². The van der Waals surface area contributed by atoms with Gasteiger partial charge in [0.25, 0.3) is 11.5 Å². The predicted octanol–water partition coefficient (Wildman–Crippen LogP) is 4.43. The van der Waals surface area contributed by atoms with Crippen LogP contribution in [0.25, 0.3) is 22.7 Å². The van der Waals surface area contributed by atoms with Crippen LogP contribution in [0.15, 0.2) is 32.7 Å². The maximum absolute atomic E-state index is 13.4. The van der Waals surface area contributed by atoms with Crippen molar-refractivity contribution in [2.24, 2.45) is 18.0 Å². The Labute approximate surface area is 236 Å². The zero-order chi connectivity index (χ0) is 29.0. The van der Waals surface area contributed by atoms with Crippen LogP contribution in [0, 0.1) is 5.92 Å². The van der Waals surface area contributed by atoms with Crippen molar-refractivity contribution in [3.05, 3.63) is 38.9 Å². The zero-order valence-electron chi connectivity index (χ0n) is 24.4. The molecule has 2 fully saturated rings. The summed E-state index contributed by atoms with van der Waals surface area (Å²) in [7, 11) is 2.35. The van der Waals surface area contributed by atoms with E-state index in [0.717, 1.165) is 32.1 Å². The van der Waals surface area contributed by atoms with Crippen LogP contribution in [0.1, 0.15) is 72.8 Å². The average molecular weight is 569 g/mol. The Morgan fingerprint density at radius 2 is 1.88 bits per heavy atom. The lowest BCUT2D eigenvalue weighted by Crippen LogP contribution is -2.40. The van der Waals surface area contributed by atoms with Crippen LogP contribution in [-0.4, -0.2) is 53.2 Å². The van der Waals surface area contributed by atoms with Crippen molar-refractivity contribution in [3.63, 3.8) is 0 Å². The number of imidazole rings is 1. The Morgan fingerprint density at radius 1 is 1.15 bits per heavy atom. The van der Waals surface area contributed by atoms with Crippen LogP contribution in [0.2, 0.25) is 0 Å². The average Bonchev–Trinajstić information content (AvgIpc) is 3.92. The maximum Gasteiger partial charge on any atom is 0.333 e. The van der Waals surface area contributed by atoms with Gasteiger partial charge in [-0.3, -0.25) is 33.3 Å². The van der Waals surface area contributed by atoms with Crippen LogP contribution >= 0.6 is 8.58 Å². The number of hydrogen-bond donors (Lipinski definition) is 1. The van der Waals surface area contributed by atoms with Crippen molar-refractivity contribution in [3.8, 4) is 11.5 Å². The number of aromatic amines is 1. The Balaban J connectivity index is 0.000000886. The van der Waals surface area contributed by atoms with Gasteiger partial charge in [0.15, 0.2) is 11.5 Å². The molecule has 4 heterocycles. The third-order valence-electron chi connectivity index (χ3n) is 6.87. The van der Waals surface area contributed by atoms with Gasteiger partial charge >= 0.3 is 5.69 Å². The summed E-state index contributed by atoms with van der Waals surface area (Å²) in [5, 5.41) is 4.63. The third-order valence-corrected chi connectivity index (χ3v) is 7.79. The monoisotopic (exact) mass is 568 g/mol. The highest BCUT2D eigenvalue weighted by atomic mass is 31.1. The van der Waals surface area contributed by atoms with Gasteiger partial charge in [-0.2, -0.15) is 5.10 Å². The Hall–Kier alpha value is -3.33. The van der Waals surface area contributed by atoms with Crippen LogP contribution in [-0.2, 0) is 18.4 Å². The Morgan fingerprint density at radius 3 is 2.48 bits per heavy atom. The van der Waals surface area contributed by atoms with E-state index in [1.54, 1.807) is 27.4 Å². The SMILES string of the molecule is CC.CC.CCCn1c(=O)n(C2CC2)c(=O)c2[nH]c(-c3cc(N(CC4CC4)C(=O)C4=NC=CPC4)n(C)n3)nc21. The lowest BCUT2D eigenvalue weighted by atomic mass is 10.2. The minimum atomic E-state index is -0.338. The molecule has 3 aromatic heterocycles. The molecule has 2 saturated carbocycles. The molecule has 2 aliphatic carbocycles. The normalized spacial score (nSPS) is 16.7. The number of nitrogens with one attached hydrogen (secondary N) is 1. The van der Waals surface area contributed by atoms with E-state index in [4.69, 9.17) is 0 Å². The third kappa shape index (κ3) is 5.89. The molecule has 1 atom stereocenters. The van der Waals surface area contributed by atoms with Crippen LogP contribution in [0.4, 0.5) is 5.82 Å². The molecule has 40 heavy (non-hydrogen) atoms. The molecule has 11 nitrogen and oxygen atoms in total. The molecular weight excluding hydrogens is 527 g/mol. The molecule has 216 valence electrons. The van der Waals surface area contributed by atoms with E-state index >= 15 is 0 Å². The zero-order valence-corrected chi connectivity index (χ0v) is 25.4. The second-order valence-electron chi connectivity index (χ2n) is 9.77. The quantitative estimate of drug-likeness (QED) is 0.403. The molecule has 1 N–H and O–H groups in total. The van der Waals surface area contributed by atoms with Crippen molar-refractivity contribution >= 4 is 37.2 Å². The number of fused-ring (bicyclic) bond motifs is 1. The summed E-state index contributed by atoms with van der Waals surface area (Å²) in [6.45, 7) is 11.1. The number of aromatic nitrogens is 6. The number of nitrogens with zero attached hydrogens (tertiary/aromatic N) is 7. The number of carbonyl (C=O) groups is 1. The van der Waals surface area contributed by atoms with E-state index < -0.39 is 0 Å². The fraction of sp³-hybridized carbons (Fsp3) is 0.571. The highest BCUT2D eigenvalue weighted by Crippen LogP contribution is 2.34. The topological polar surface area (TPSA) is 123 Å². The first kappa shape index (κ1) is 29.6. The van der Waals surface area contributed by atoms with E-state index in [-0.39, 0.29) is 23.2 Å². The number of aryl methyl sites for hydroxylation is 2. The number of H-pyrrole nitrogens is 1. The van der Waals surface area contributed by atoms with Gasteiger partial charge in [-0.1, -0.05) is 43.2 Å². The fourth-order valence-corrected chi connectivity index (χ4v) is 5.40. The summed E-state index contributed by atoms with van der Waals surface area (Å²) < 4.78 is 4.61. The van der Waals surface area contributed by atoms with Crippen molar-refractivity contribution in [1.82, 2.24) is 28.9 Å². The summed E-state index contributed by atoms with van der Waals surface area (Å²) in [6, 6.07) is 1.78. The number of amides is 1. The molecule has 1 unspecified atom stereocenters. The predicted molar refractivity (Wildman–Crippen MR) is 163 cm³/mol. The lowest BCUT2D eigenvalue weighted by Gasteiger charge is -2.23. The number of rotatable bonds is 8. The largest absolute Gasteiger partial charge is 0.333 e. The number of carbonyl (C=O) groups excluding carboxylic acids is 1. The molecule has 12 heteroatoms. The highest BCUT2D eigenvalue weighted by molar-refractivity contribution is 7.43. The van der Waals surface area contributed by atoms with E-state index in [2.05, 4.69) is 20.1 Å². The van der Waals surface area contributed by atoms with Gasteiger partial charge in [0, 0.05) is 44.6 Å². The molecule has 0 radical (unpaired) electrons. The smallest absolute Gasteiger partial charge is 0.331 e. The first-order chi connectivity index (χ1) is 19.5. The summed E-state index contributed by atoms with van der Waals surface area (Å²) >= 11 is 0. The van der Waals surface area contributed by atoms with Gasteiger partial charge in [0.05, 0.1) is 0 Å². The molecule has 1 amide bonds. The molecule has 0 bridgehead atoms. The van der Waals surface area contributed by atoms with Crippen molar-refractivity contribution in [1.29, 1.82) is 0 Å². The van der Waals surface area contributed by atoms with E-state index in [0.29, 0.717) is 68.0 Å². The number of anilines is 1. The second kappa shape index (κ2) is 12.9. The van der Waals surface area contributed by atoms with Gasteiger partial charge in [-0.05, 0) is 43.8 Å². The fourth-order valence-electron chi connectivity index (χ4n) is 4.67. The molecule has 3 aliphatic rings. The molecule has 0 aromatic carbocycles. The Kier molecular flexibility index (Phi) is 9.56. The van der Waals surface area contributed by atoms with Gasteiger partial charge in [-0.15, -0.1) is 0 Å². The molecule has 6 rings (SSSR count). The molecule has 0 spiro atoms. The molecular formula is C28H41N8O3P. The summed E-state index contributed by atoms with van der Waals surface area (Å²) in [4.78, 5) is 53.6. The first-order valence-corrected chi connectivity index (χ1v) is 15.8. The number of hydrogen-bond acceptors (Lipinski definition) is 6. The Bertz CT molecular complexity index is 1540. The molecule has 0 saturated heterocycles. The number of aliphatic imine (C=N–C) groups is 1. The second-order valence-corrected chi connectivity index (χ2v) is 10.9. The summed E-state index contributed by atoms with van der Waals surface area (Å²) in [6.07, 6.45) is 6.98. The first-order valence-electron chi connectivity index (χ1n) is 14.5. The van der Waals surface area contributed by atoms with Crippen molar-refractivity contribution in [2.75, 3.05) is 17.6 Å². The van der Waals surface area contributed by atoms with Crippen molar-refractivity contribution < 1.29 is 4.79 Å². The van der Waals surface area contributed by atoms with Gasteiger partial charge in [0.1, 0.15) is 22.7 Å². The van der Waals surface area contributed by atoms with E-state index in [1.807, 2.05) is 46.5 Å². The standard InChI is InChI=1S/C24H29N8O3P.2C2H6/c1-3-9-30-21-19(23(34)32(24(30)35)15-6-7-15)26-20(27-21)16-11-18(29(2)28-16)31(12-14-4-5-14)22(33)17-13-36-10-8-25-17;2*1-2/h8,10-11,14-15,36H,3-7,9,12-13H2,1-2H3,(H,26,27);2*1-2H3. The lowest BCUT2D eigenvalue weighted by molar-refractivity contribution is -0.112. The van der Waals surface area contributed by atoms with Crippen LogP contribution in [0.3, 0.4) is 0 Å². The maximum atomic E-state index is 13.4.